The van der Waals surface area contributed by atoms with Gasteiger partial charge in [0.15, 0.2) is 0 Å². The second-order valence-electron chi connectivity index (χ2n) is 6.32. The van der Waals surface area contributed by atoms with Crippen LogP contribution in [-0.2, 0) is 16.1 Å². The number of hydrogen-bond donors (Lipinski definition) is 0. The van der Waals surface area contributed by atoms with Gasteiger partial charge in [-0.3, -0.25) is 4.79 Å². The Morgan fingerprint density at radius 2 is 1.75 bits per heavy atom. The minimum Gasteiger partial charge on any atom is -0.461 e. The van der Waals surface area contributed by atoms with Crippen molar-refractivity contribution in [3.63, 3.8) is 0 Å². The highest BCUT2D eigenvalue weighted by Crippen LogP contribution is 2.28. The maximum atomic E-state index is 12.2. The molecule has 5 heteroatoms. The van der Waals surface area contributed by atoms with E-state index >= 15 is 0 Å². The Labute approximate surface area is 166 Å². The van der Waals surface area contributed by atoms with Crippen LogP contribution >= 0.6 is 11.8 Å². The van der Waals surface area contributed by atoms with Gasteiger partial charge in [0.2, 0.25) is 0 Å². The minimum atomic E-state index is -0.450. The Hall–Kier alpha value is -3.05. The van der Waals surface area contributed by atoms with Crippen molar-refractivity contribution in [1.82, 2.24) is 0 Å². The van der Waals surface area contributed by atoms with E-state index < -0.39 is 5.63 Å². The zero-order chi connectivity index (χ0) is 19.3. The van der Waals surface area contributed by atoms with Crippen molar-refractivity contribution in [1.29, 1.82) is 0 Å². The van der Waals surface area contributed by atoms with Crippen LogP contribution in [0.15, 0.2) is 86.9 Å². The first-order valence-electron chi connectivity index (χ1n) is 8.99. The predicted molar refractivity (Wildman–Crippen MR) is 112 cm³/mol. The number of hydrogen-bond acceptors (Lipinski definition) is 5. The molecule has 28 heavy (non-hydrogen) atoms. The van der Waals surface area contributed by atoms with E-state index in [1.54, 1.807) is 17.8 Å². The first-order valence-corrected chi connectivity index (χ1v) is 9.97. The fraction of sp³-hybridized carbons (Fsp3) is 0.130. The van der Waals surface area contributed by atoms with Gasteiger partial charge < -0.3 is 9.15 Å². The van der Waals surface area contributed by atoms with E-state index in [1.165, 1.54) is 6.07 Å². The van der Waals surface area contributed by atoms with Crippen LogP contribution in [0.1, 0.15) is 12.0 Å². The molecule has 0 atom stereocenters. The molecule has 140 valence electrons. The Bertz CT molecular complexity index is 1180. The van der Waals surface area contributed by atoms with Crippen LogP contribution in [0.4, 0.5) is 0 Å². The molecule has 0 amide bonds. The highest BCUT2D eigenvalue weighted by molar-refractivity contribution is 7.99. The summed E-state index contributed by atoms with van der Waals surface area (Å²) in [6.07, 6.45) is 0.305. The van der Waals surface area contributed by atoms with Crippen molar-refractivity contribution in [3.05, 3.63) is 88.8 Å². The van der Waals surface area contributed by atoms with E-state index in [0.717, 1.165) is 21.1 Å². The molecule has 0 saturated heterocycles. The maximum Gasteiger partial charge on any atom is 0.336 e. The monoisotopic (exact) mass is 390 g/mol. The minimum absolute atomic E-state index is 0.0466. The van der Waals surface area contributed by atoms with E-state index in [4.69, 9.17) is 9.15 Å². The van der Waals surface area contributed by atoms with Crippen LogP contribution in [0, 0.1) is 0 Å². The largest absolute Gasteiger partial charge is 0.461 e. The van der Waals surface area contributed by atoms with E-state index in [0.29, 0.717) is 23.3 Å². The number of ether oxygens (including phenoxy) is 1. The average molecular weight is 390 g/mol. The number of carbonyl (C=O) groups excluding carboxylic acids is 1. The van der Waals surface area contributed by atoms with Crippen LogP contribution in [0.3, 0.4) is 0 Å². The summed E-state index contributed by atoms with van der Waals surface area (Å²) in [4.78, 5) is 25.2. The summed E-state index contributed by atoms with van der Waals surface area (Å²) in [5.41, 5.74) is 0.706. The summed E-state index contributed by atoms with van der Waals surface area (Å²) in [5, 5.41) is 2.81. The van der Waals surface area contributed by atoms with Gasteiger partial charge in [-0.2, -0.15) is 0 Å². The summed E-state index contributed by atoms with van der Waals surface area (Å²) in [5.74, 6) is 0.355. The van der Waals surface area contributed by atoms with Gasteiger partial charge in [-0.05, 0) is 29.0 Å². The van der Waals surface area contributed by atoms with E-state index in [-0.39, 0.29) is 12.6 Å². The summed E-state index contributed by atoms with van der Waals surface area (Å²) in [6, 6.07) is 22.9. The molecular weight excluding hydrogens is 372 g/mol. The van der Waals surface area contributed by atoms with E-state index in [9.17, 15) is 9.59 Å². The van der Waals surface area contributed by atoms with Gasteiger partial charge in [0.1, 0.15) is 12.2 Å². The van der Waals surface area contributed by atoms with Crippen LogP contribution in [0.2, 0.25) is 0 Å². The molecule has 1 aromatic heterocycles. The molecule has 4 nitrogen and oxygen atoms in total. The van der Waals surface area contributed by atoms with Crippen molar-refractivity contribution < 1.29 is 13.9 Å². The third-order valence-corrected chi connectivity index (χ3v) is 5.44. The van der Waals surface area contributed by atoms with Gasteiger partial charge in [-0.25, -0.2) is 4.79 Å². The molecule has 0 aliphatic carbocycles. The lowest BCUT2D eigenvalue weighted by Crippen LogP contribution is -2.08. The molecule has 4 rings (SSSR count). The lowest BCUT2D eigenvalue weighted by Gasteiger charge is -2.09. The Morgan fingerprint density at radius 1 is 0.964 bits per heavy atom. The smallest absolute Gasteiger partial charge is 0.336 e. The molecule has 0 bridgehead atoms. The maximum absolute atomic E-state index is 12.2. The summed E-state index contributed by atoms with van der Waals surface area (Å²) in [7, 11) is 0. The lowest BCUT2D eigenvalue weighted by molar-refractivity contribution is -0.144. The van der Waals surface area contributed by atoms with Gasteiger partial charge >= 0.3 is 11.6 Å². The lowest BCUT2D eigenvalue weighted by atomic mass is 10.0. The second kappa shape index (κ2) is 8.31. The highest BCUT2D eigenvalue weighted by atomic mass is 32.2. The molecule has 0 radical (unpaired) electrons. The van der Waals surface area contributed by atoms with Crippen LogP contribution in [0.5, 0.6) is 0 Å². The van der Waals surface area contributed by atoms with Gasteiger partial charge in [-0.15, -0.1) is 11.8 Å². The third-order valence-electron chi connectivity index (χ3n) is 4.42. The number of fused-ring (bicyclic) bond motifs is 3. The Kier molecular flexibility index (Phi) is 5.44. The van der Waals surface area contributed by atoms with Crippen LogP contribution in [-0.4, -0.2) is 11.7 Å². The first kappa shape index (κ1) is 18.3. The molecule has 0 aliphatic heterocycles. The summed E-state index contributed by atoms with van der Waals surface area (Å²) in [6.45, 7) is 0.0466. The zero-order valence-corrected chi connectivity index (χ0v) is 15.9. The van der Waals surface area contributed by atoms with Gasteiger partial charge in [-0.1, -0.05) is 48.5 Å². The average Bonchev–Trinajstić information content (AvgIpc) is 2.72. The number of rotatable bonds is 6. The molecule has 4 aromatic rings. The standard InChI is InChI=1S/C23H18O4S/c24-21(12-13-28-18-7-2-1-3-8-18)26-15-17-14-22(25)27-20-11-10-16-6-4-5-9-19(16)23(17)20/h1-11,14H,12-13,15H2. The molecule has 0 unspecified atom stereocenters. The zero-order valence-electron chi connectivity index (χ0n) is 15.1. The van der Waals surface area contributed by atoms with Crippen LogP contribution < -0.4 is 5.63 Å². The molecular formula is C23H18O4S. The fourth-order valence-corrected chi connectivity index (χ4v) is 3.99. The number of esters is 1. The van der Waals surface area contributed by atoms with Gasteiger partial charge in [0.05, 0.1) is 6.42 Å². The van der Waals surface area contributed by atoms with Crippen molar-refractivity contribution >= 4 is 39.5 Å². The number of carbonyl (C=O) groups is 1. The molecule has 3 aromatic carbocycles. The van der Waals surface area contributed by atoms with Gasteiger partial charge in [0, 0.05) is 27.7 Å². The van der Waals surface area contributed by atoms with Crippen molar-refractivity contribution in [2.24, 2.45) is 0 Å². The van der Waals surface area contributed by atoms with Crippen molar-refractivity contribution in [3.8, 4) is 0 Å². The molecule has 0 fully saturated rings. The molecule has 0 saturated carbocycles. The highest BCUT2D eigenvalue weighted by Gasteiger charge is 2.12. The Balaban J connectivity index is 1.49. The normalized spacial score (nSPS) is 11.0. The fourth-order valence-electron chi connectivity index (χ4n) is 3.13. The summed E-state index contributed by atoms with van der Waals surface area (Å²) >= 11 is 1.61. The molecule has 0 aliphatic rings. The number of benzene rings is 3. The molecule has 0 N–H and O–H groups in total. The topological polar surface area (TPSA) is 56.5 Å². The summed E-state index contributed by atoms with van der Waals surface area (Å²) < 4.78 is 10.8. The second-order valence-corrected chi connectivity index (χ2v) is 7.49. The SMILES string of the molecule is O=C(CCSc1ccccc1)OCc1cc(=O)oc2ccc3ccccc3c12. The van der Waals surface area contributed by atoms with Crippen LogP contribution in [0.25, 0.3) is 21.7 Å². The Morgan fingerprint density at radius 3 is 2.61 bits per heavy atom. The number of thioether (sulfide) groups is 1. The predicted octanol–water partition coefficient (Wildman–Crippen LogP) is 5.17. The quantitative estimate of drug-likeness (QED) is 0.197. The van der Waals surface area contributed by atoms with E-state index in [2.05, 4.69) is 0 Å². The van der Waals surface area contributed by atoms with Gasteiger partial charge in [0.25, 0.3) is 0 Å². The third kappa shape index (κ3) is 4.10. The first-order chi connectivity index (χ1) is 13.7. The molecule has 1 heterocycles. The van der Waals surface area contributed by atoms with Crippen molar-refractivity contribution in [2.45, 2.75) is 17.9 Å². The van der Waals surface area contributed by atoms with E-state index in [1.807, 2.05) is 60.7 Å². The van der Waals surface area contributed by atoms with Crippen molar-refractivity contribution in [2.75, 3.05) is 5.75 Å². The molecule has 0 spiro atoms.